The first-order valence-corrected chi connectivity index (χ1v) is 5.19. The standard InChI is InChI=1S/C9H16N6O/c1-7-11-8(13-10)6-9(12-7)14-15-2-4-16-5-3-15/h6H,2-5,10H2,1H3,(H2,11,12,13,14). The molecule has 0 radical (unpaired) electrons. The van der Waals surface area contributed by atoms with Crippen LogP contribution in [-0.2, 0) is 4.74 Å². The third-order valence-corrected chi connectivity index (χ3v) is 2.27. The number of aromatic nitrogens is 2. The summed E-state index contributed by atoms with van der Waals surface area (Å²) >= 11 is 0. The molecule has 0 amide bonds. The molecule has 1 aliphatic rings. The van der Waals surface area contributed by atoms with Crippen LogP contribution in [0.2, 0.25) is 0 Å². The van der Waals surface area contributed by atoms with Crippen LogP contribution < -0.4 is 16.7 Å². The van der Waals surface area contributed by atoms with Gasteiger partial charge in [0.2, 0.25) is 0 Å². The molecule has 16 heavy (non-hydrogen) atoms. The largest absolute Gasteiger partial charge is 0.379 e. The maximum Gasteiger partial charge on any atom is 0.146 e. The molecule has 0 aliphatic carbocycles. The summed E-state index contributed by atoms with van der Waals surface area (Å²) in [5.74, 6) is 7.33. The molecule has 0 unspecified atom stereocenters. The highest BCUT2D eigenvalue weighted by atomic mass is 16.5. The van der Waals surface area contributed by atoms with E-state index in [0.717, 1.165) is 32.1 Å². The van der Waals surface area contributed by atoms with Crippen LogP contribution in [0.25, 0.3) is 0 Å². The van der Waals surface area contributed by atoms with E-state index in [2.05, 4.69) is 25.8 Å². The van der Waals surface area contributed by atoms with Gasteiger partial charge in [0.1, 0.15) is 17.5 Å². The Morgan fingerprint density at radius 1 is 1.31 bits per heavy atom. The maximum atomic E-state index is 5.32. The number of hydrogen-bond donors (Lipinski definition) is 3. The van der Waals surface area contributed by atoms with Crippen molar-refractivity contribution in [3.05, 3.63) is 11.9 Å². The zero-order valence-electron chi connectivity index (χ0n) is 9.23. The zero-order chi connectivity index (χ0) is 11.4. The highest BCUT2D eigenvalue weighted by Crippen LogP contribution is 2.11. The van der Waals surface area contributed by atoms with E-state index < -0.39 is 0 Å². The smallest absolute Gasteiger partial charge is 0.146 e. The Morgan fingerprint density at radius 3 is 2.69 bits per heavy atom. The molecule has 0 atom stereocenters. The number of nitrogen functional groups attached to an aromatic ring is 1. The van der Waals surface area contributed by atoms with Gasteiger partial charge in [-0.15, -0.1) is 0 Å². The average Bonchev–Trinajstić information content (AvgIpc) is 2.29. The number of ether oxygens (including phenoxy) is 1. The van der Waals surface area contributed by atoms with Crippen LogP contribution in [0.15, 0.2) is 6.07 Å². The normalized spacial score (nSPS) is 17.1. The molecule has 1 aliphatic heterocycles. The number of aryl methyl sites for hydroxylation is 1. The second kappa shape index (κ2) is 5.06. The van der Waals surface area contributed by atoms with Crippen LogP contribution in [0.4, 0.5) is 11.6 Å². The van der Waals surface area contributed by atoms with Crippen molar-refractivity contribution >= 4 is 11.6 Å². The van der Waals surface area contributed by atoms with Gasteiger partial charge in [-0.05, 0) is 6.92 Å². The molecule has 7 nitrogen and oxygen atoms in total. The van der Waals surface area contributed by atoms with Gasteiger partial charge in [0.15, 0.2) is 0 Å². The van der Waals surface area contributed by atoms with Gasteiger partial charge < -0.3 is 15.6 Å². The molecule has 1 fully saturated rings. The minimum absolute atomic E-state index is 0.600. The van der Waals surface area contributed by atoms with E-state index in [4.69, 9.17) is 10.6 Å². The lowest BCUT2D eigenvalue weighted by Gasteiger charge is -2.27. The van der Waals surface area contributed by atoms with Crippen molar-refractivity contribution in [2.75, 3.05) is 37.2 Å². The lowest BCUT2D eigenvalue weighted by atomic mass is 10.5. The van der Waals surface area contributed by atoms with Crippen molar-refractivity contribution in [3.8, 4) is 0 Å². The van der Waals surface area contributed by atoms with E-state index >= 15 is 0 Å². The Labute approximate surface area is 93.9 Å². The third kappa shape index (κ3) is 2.78. The first kappa shape index (κ1) is 11.1. The molecule has 1 aromatic rings. The molecule has 2 heterocycles. The third-order valence-electron chi connectivity index (χ3n) is 2.27. The highest BCUT2D eigenvalue weighted by molar-refractivity contribution is 5.46. The van der Waals surface area contributed by atoms with Crippen molar-refractivity contribution in [1.29, 1.82) is 0 Å². The summed E-state index contributed by atoms with van der Waals surface area (Å²) in [6.45, 7) is 4.98. The molecule has 0 spiro atoms. The quantitative estimate of drug-likeness (QED) is 0.481. The summed E-state index contributed by atoms with van der Waals surface area (Å²) in [5, 5.41) is 2.06. The van der Waals surface area contributed by atoms with Gasteiger partial charge in [0, 0.05) is 19.2 Å². The second-order valence-electron chi connectivity index (χ2n) is 3.54. The van der Waals surface area contributed by atoms with Crippen LogP contribution in [0.1, 0.15) is 5.82 Å². The van der Waals surface area contributed by atoms with E-state index in [9.17, 15) is 0 Å². The molecule has 0 saturated carbocycles. The van der Waals surface area contributed by atoms with Gasteiger partial charge in [-0.1, -0.05) is 0 Å². The van der Waals surface area contributed by atoms with E-state index in [-0.39, 0.29) is 0 Å². The van der Waals surface area contributed by atoms with Crippen LogP contribution in [0.5, 0.6) is 0 Å². The predicted molar refractivity (Wildman–Crippen MR) is 60.6 cm³/mol. The average molecular weight is 224 g/mol. The van der Waals surface area contributed by atoms with Crippen molar-refractivity contribution in [2.24, 2.45) is 5.84 Å². The van der Waals surface area contributed by atoms with Gasteiger partial charge >= 0.3 is 0 Å². The summed E-state index contributed by atoms with van der Waals surface area (Å²) in [6.07, 6.45) is 0. The summed E-state index contributed by atoms with van der Waals surface area (Å²) in [4.78, 5) is 8.39. The van der Waals surface area contributed by atoms with Crippen molar-refractivity contribution in [3.63, 3.8) is 0 Å². The van der Waals surface area contributed by atoms with Crippen molar-refractivity contribution in [2.45, 2.75) is 6.92 Å². The lowest BCUT2D eigenvalue weighted by molar-refractivity contribution is 0.0495. The number of hydrazine groups is 2. The van der Waals surface area contributed by atoms with Gasteiger partial charge in [-0.3, -0.25) is 0 Å². The fourth-order valence-electron chi connectivity index (χ4n) is 1.54. The van der Waals surface area contributed by atoms with E-state index in [1.165, 1.54) is 0 Å². The number of nitrogens with zero attached hydrogens (tertiary/aromatic N) is 3. The number of nitrogens with two attached hydrogens (primary N) is 1. The second-order valence-corrected chi connectivity index (χ2v) is 3.54. The maximum absolute atomic E-state index is 5.32. The highest BCUT2D eigenvalue weighted by Gasteiger charge is 2.11. The minimum Gasteiger partial charge on any atom is -0.379 e. The topological polar surface area (TPSA) is 88.3 Å². The Bertz CT molecular complexity index is 352. The minimum atomic E-state index is 0.600. The van der Waals surface area contributed by atoms with Gasteiger partial charge in [0.05, 0.1) is 13.2 Å². The molecule has 2 rings (SSSR count). The van der Waals surface area contributed by atoms with E-state index in [1.807, 2.05) is 6.92 Å². The summed E-state index contributed by atoms with van der Waals surface area (Å²) in [7, 11) is 0. The number of morpholine rings is 1. The monoisotopic (exact) mass is 224 g/mol. The first-order valence-electron chi connectivity index (χ1n) is 5.19. The van der Waals surface area contributed by atoms with Crippen LogP contribution in [0.3, 0.4) is 0 Å². The Hall–Kier alpha value is -1.44. The van der Waals surface area contributed by atoms with Crippen LogP contribution in [0, 0.1) is 6.92 Å². The Kier molecular flexibility index (Phi) is 3.50. The molecular weight excluding hydrogens is 208 g/mol. The number of anilines is 2. The SMILES string of the molecule is Cc1nc(NN)cc(NN2CCOCC2)n1. The number of nitrogens with one attached hydrogen (secondary N) is 2. The van der Waals surface area contributed by atoms with Crippen molar-refractivity contribution in [1.82, 2.24) is 15.0 Å². The Morgan fingerprint density at radius 2 is 2.00 bits per heavy atom. The summed E-state index contributed by atoms with van der Waals surface area (Å²) in [5.41, 5.74) is 5.71. The molecular formula is C9H16N6O. The van der Waals surface area contributed by atoms with Gasteiger partial charge in [-0.25, -0.2) is 20.8 Å². The van der Waals surface area contributed by atoms with E-state index in [0.29, 0.717) is 11.6 Å². The van der Waals surface area contributed by atoms with E-state index in [1.54, 1.807) is 6.07 Å². The van der Waals surface area contributed by atoms with Crippen LogP contribution >= 0.6 is 0 Å². The fourth-order valence-corrected chi connectivity index (χ4v) is 1.54. The first-order chi connectivity index (χ1) is 7.78. The summed E-state index contributed by atoms with van der Waals surface area (Å²) in [6, 6.07) is 1.77. The summed E-state index contributed by atoms with van der Waals surface area (Å²) < 4.78 is 5.26. The number of hydrogen-bond acceptors (Lipinski definition) is 7. The molecule has 4 N–H and O–H groups in total. The van der Waals surface area contributed by atoms with Crippen LogP contribution in [-0.4, -0.2) is 41.3 Å². The van der Waals surface area contributed by atoms with Crippen molar-refractivity contribution < 1.29 is 4.74 Å². The lowest BCUT2D eigenvalue weighted by Crippen LogP contribution is -2.40. The molecule has 88 valence electrons. The Balaban J connectivity index is 2.04. The van der Waals surface area contributed by atoms with Gasteiger partial charge in [-0.2, -0.15) is 0 Å². The molecule has 7 heteroatoms. The fraction of sp³-hybridized carbons (Fsp3) is 0.556. The molecule has 1 saturated heterocycles. The molecule has 0 aromatic carbocycles. The molecule has 0 bridgehead atoms. The van der Waals surface area contributed by atoms with Gasteiger partial charge in [0.25, 0.3) is 0 Å². The molecule has 1 aromatic heterocycles. The number of rotatable bonds is 3. The predicted octanol–water partition coefficient (Wildman–Crippen LogP) is -0.270. The zero-order valence-corrected chi connectivity index (χ0v) is 9.23.